The summed E-state index contributed by atoms with van der Waals surface area (Å²) >= 11 is 0. The van der Waals surface area contributed by atoms with Crippen molar-refractivity contribution < 1.29 is 4.74 Å². The minimum absolute atomic E-state index is 0.664. The van der Waals surface area contributed by atoms with Crippen molar-refractivity contribution in [1.82, 2.24) is 10.2 Å². The molecule has 3 unspecified atom stereocenters. The van der Waals surface area contributed by atoms with E-state index in [1.165, 1.54) is 19.6 Å². The van der Waals surface area contributed by atoms with Crippen LogP contribution in [0.2, 0.25) is 0 Å². The van der Waals surface area contributed by atoms with Gasteiger partial charge in [-0.3, -0.25) is 4.90 Å². The van der Waals surface area contributed by atoms with E-state index < -0.39 is 0 Å². The van der Waals surface area contributed by atoms with Gasteiger partial charge in [-0.2, -0.15) is 0 Å². The normalized spacial score (nSPS) is 41.1. The lowest BCUT2D eigenvalue weighted by atomic mass is 10.0. The summed E-state index contributed by atoms with van der Waals surface area (Å²) in [5.74, 6) is 1.48. The van der Waals surface area contributed by atoms with Crippen LogP contribution in [0.3, 0.4) is 0 Å². The van der Waals surface area contributed by atoms with Gasteiger partial charge in [0.1, 0.15) is 0 Å². The van der Waals surface area contributed by atoms with Crippen molar-refractivity contribution in [1.29, 1.82) is 0 Å². The molecular weight excluding hydrogens is 176 g/mol. The summed E-state index contributed by atoms with van der Waals surface area (Å²) in [4.78, 5) is 2.61. The van der Waals surface area contributed by atoms with E-state index in [1.807, 2.05) is 0 Å². The van der Waals surface area contributed by atoms with E-state index in [1.54, 1.807) is 0 Å². The van der Waals surface area contributed by atoms with Gasteiger partial charge in [-0.15, -0.1) is 0 Å². The first-order valence-electron chi connectivity index (χ1n) is 5.80. The predicted molar refractivity (Wildman–Crippen MR) is 57.4 cm³/mol. The molecule has 0 saturated carbocycles. The van der Waals surface area contributed by atoms with Crippen molar-refractivity contribution in [3.05, 3.63) is 0 Å². The Morgan fingerprint density at radius 3 is 2.86 bits per heavy atom. The van der Waals surface area contributed by atoms with E-state index in [4.69, 9.17) is 4.74 Å². The molecule has 2 fully saturated rings. The molecule has 2 saturated heterocycles. The summed E-state index contributed by atoms with van der Waals surface area (Å²) in [5.41, 5.74) is 0. The maximum atomic E-state index is 5.54. The molecule has 0 bridgehead atoms. The molecule has 82 valence electrons. The van der Waals surface area contributed by atoms with Crippen LogP contribution in [-0.4, -0.2) is 50.3 Å². The number of hydrogen-bond donors (Lipinski definition) is 1. The fraction of sp³-hybridized carbons (Fsp3) is 1.00. The SMILES string of the molecule is CC1CNCCN(C2COCC2C)C1. The molecule has 2 rings (SSSR count). The van der Waals surface area contributed by atoms with Crippen molar-refractivity contribution >= 4 is 0 Å². The van der Waals surface area contributed by atoms with E-state index in [9.17, 15) is 0 Å². The first-order valence-corrected chi connectivity index (χ1v) is 5.80. The Kier molecular flexibility index (Phi) is 3.42. The van der Waals surface area contributed by atoms with Crippen LogP contribution in [0, 0.1) is 11.8 Å². The molecule has 0 amide bonds. The fourth-order valence-electron chi connectivity index (χ4n) is 2.54. The molecule has 0 aliphatic carbocycles. The highest BCUT2D eigenvalue weighted by Crippen LogP contribution is 2.20. The van der Waals surface area contributed by atoms with Crippen LogP contribution in [0.15, 0.2) is 0 Å². The van der Waals surface area contributed by atoms with Crippen molar-refractivity contribution in [2.45, 2.75) is 19.9 Å². The number of nitrogens with one attached hydrogen (secondary N) is 1. The first-order chi connectivity index (χ1) is 6.77. The molecule has 0 aromatic carbocycles. The second-order valence-electron chi connectivity index (χ2n) is 4.89. The maximum Gasteiger partial charge on any atom is 0.0625 e. The Bertz CT molecular complexity index is 186. The summed E-state index contributed by atoms with van der Waals surface area (Å²) in [7, 11) is 0. The summed E-state index contributed by atoms with van der Waals surface area (Å²) in [6.07, 6.45) is 0. The van der Waals surface area contributed by atoms with Gasteiger partial charge in [0.25, 0.3) is 0 Å². The van der Waals surface area contributed by atoms with E-state index >= 15 is 0 Å². The van der Waals surface area contributed by atoms with Gasteiger partial charge in [0, 0.05) is 25.7 Å². The number of hydrogen-bond acceptors (Lipinski definition) is 3. The van der Waals surface area contributed by atoms with Gasteiger partial charge in [-0.25, -0.2) is 0 Å². The Morgan fingerprint density at radius 2 is 2.14 bits per heavy atom. The van der Waals surface area contributed by atoms with Gasteiger partial charge in [0.2, 0.25) is 0 Å². The zero-order chi connectivity index (χ0) is 9.97. The Hall–Kier alpha value is -0.120. The molecule has 1 N–H and O–H groups in total. The third-order valence-electron chi connectivity index (χ3n) is 3.41. The van der Waals surface area contributed by atoms with Crippen LogP contribution < -0.4 is 5.32 Å². The Morgan fingerprint density at radius 1 is 1.29 bits per heavy atom. The summed E-state index contributed by atoms with van der Waals surface area (Å²) in [6, 6.07) is 0.664. The molecule has 3 nitrogen and oxygen atoms in total. The third kappa shape index (κ3) is 2.27. The standard InChI is InChI=1S/C11H22N2O/c1-9-5-12-3-4-13(6-9)11-8-14-7-10(11)2/h9-12H,3-8H2,1-2H3. The molecule has 0 radical (unpaired) electrons. The van der Waals surface area contributed by atoms with Crippen LogP contribution in [0.1, 0.15) is 13.8 Å². The molecular formula is C11H22N2O. The average molecular weight is 198 g/mol. The lowest BCUT2D eigenvalue weighted by Gasteiger charge is -2.30. The maximum absolute atomic E-state index is 5.54. The summed E-state index contributed by atoms with van der Waals surface area (Å²) < 4.78 is 5.54. The number of nitrogens with zero attached hydrogens (tertiary/aromatic N) is 1. The molecule has 0 spiro atoms. The minimum Gasteiger partial charge on any atom is -0.379 e. The third-order valence-corrected chi connectivity index (χ3v) is 3.41. The smallest absolute Gasteiger partial charge is 0.0625 e. The molecule has 14 heavy (non-hydrogen) atoms. The van der Waals surface area contributed by atoms with Crippen LogP contribution in [-0.2, 0) is 4.74 Å². The van der Waals surface area contributed by atoms with Crippen molar-refractivity contribution in [2.24, 2.45) is 11.8 Å². The van der Waals surface area contributed by atoms with Crippen LogP contribution >= 0.6 is 0 Å². The molecule has 0 aromatic rings. The van der Waals surface area contributed by atoms with Gasteiger partial charge in [-0.1, -0.05) is 13.8 Å². The highest BCUT2D eigenvalue weighted by atomic mass is 16.5. The number of ether oxygens (including phenoxy) is 1. The Labute approximate surface area is 86.8 Å². The van der Waals surface area contributed by atoms with Gasteiger partial charge in [-0.05, 0) is 18.4 Å². The topological polar surface area (TPSA) is 24.5 Å². The van der Waals surface area contributed by atoms with Gasteiger partial charge < -0.3 is 10.1 Å². The average Bonchev–Trinajstić information content (AvgIpc) is 2.45. The molecule has 0 aromatic heterocycles. The largest absolute Gasteiger partial charge is 0.379 e. The quantitative estimate of drug-likeness (QED) is 0.666. The van der Waals surface area contributed by atoms with Crippen LogP contribution in [0.4, 0.5) is 0 Å². The molecule has 2 heterocycles. The molecule has 2 aliphatic heterocycles. The van der Waals surface area contributed by atoms with E-state index in [2.05, 4.69) is 24.1 Å². The van der Waals surface area contributed by atoms with Crippen LogP contribution in [0.5, 0.6) is 0 Å². The Balaban J connectivity index is 1.94. The van der Waals surface area contributed by atoms with Crippen molar-refractivity contribution in [2.75, 3.05) is 39.4 Å². The highest BCUT2D eigenvalue weighted by Gasteiger charge is 2.31. The predicted octanol–water partition coefficient (Wildman–Crippen LogP) is 0.563. The summed E-state index contributed by atoms with van der Waals surface area (Å²) in [5, 5.41) is 3.48. The van der Waals surface area contributed by atoms with Crippen molar-refractivity contribution in [3.8, 4) is 0 Å². The first kappa shape index (κ1) is 10.4. The van der Waals surface area contributed by atoms with Gasteiger partial charge >= 0.3 is 0 Å². The van der Waals surface area contributed by atoms with Crippen molar-refractivity contribution in [3.63, 3.8) is 0 Å². The lowest BCUT2D eigenvalue weighted by Crippen LogP contribution is -2.42. The van der Waals surface area contributed by atoms with Gasteiger partial charge in [0.05, 0.1) is 13.2 Å². The summed E-state index contributed by atoms with van der Waals surface area (Å²) in [6.45, 7) is 11.2. The molecule has 2 aliphatic rings. The van der Waals surface area contributed by atoms with E-state index in [0.717, 1.165) is 25.7 Å². The van der Waals surface area contributed by atoms with Gasteiger partial charge in [0.15, 0.2) is 0 Å². The highest BCUT2D eigenvalue weighted by molar-refractivity contribution is 4.84. The lowest BCUT2D eigenvalue weighted by molar-refractivity contribution is 0.138. The number of rotatable bonds is 1. The zero-order valence-corrected chi connectivity index (χ0v) is 9.33. The van der Waals surface area contributed by atoms with E-state index in [0.29, 0.717) is 12.0 Å². The minimum atomic E-state index is 0.664. The second kappa shape index (κ2) is 4.60. The molecule has 3 atom stereocenters. The van der Waals surface area contributed by atoms with E-state index in [-0.39, 0.29) is 0 Å². The fourth-order valence-corrected chi connectivity index (χ4v) is 2.54. The second-order valence-corrected chi connectivity index (χ2v) is 4.89. The van der Waals surface area contributed by atoms with Crippen LogP contribution in [0.25, 0.3) is 0 Å². The zero-order valence-electron chi connectivity index (χ0n) is 9.33. The molecule has 3 heteroatoms. The monoisotopic (exact) mass is 198 g/mol.